The number of Topliss-reactive ketones (excluding diaryl/α,β-unsaturated/α-hetero) is 2. The predicted molar refractivity (Wildman–Crippen MR) is 174 cm³/mol. The molecule has 1 aliphatic carbocycles. The molecule has 0 heterocycles. The molecule has 0 radical (unpaired) electrons. The normalized spacial score (nSPS) is 16.1. The van der Waals surface area contributed by atoms with Crippen molar-refractivity contribution >= 4 is 51.9 Å². The van der Waals surface area contributed by atoms with Gasteiger partial charge in [0.05, 0.1) is 12.3 Å². The van der Waals surface area contributed by atoms with E-state index in [0.717, 1.165) is 16.8 Å². The molecule has 3 atom stereocenters. The summed E-state index contributed by atoms with van der Waals surface area (Å²) >= 11 is 0. The smallest absolute Gasteiger partial charge is 0.305 e. The zero-order valence-corrected chi connectivity index (χ0v) is 26.0. The average Bonchev–Trinajstić information content (AvgIpc) is 3.29. The number of aliphatic carboxylic acids is 1. The minimum absolute atomic E-state index is 0.0985. The van der Waals surface area contributed by atoms with Crippen molar-refractivity contribution in [2.24, 2.45) is 5.92 Å². The highest BCUT2D eigenvalue weighted by Gasteiger charge is 2.36. The largest absolute Gasteiger partial charge is 0.481 e. The minimum atomic E-state index is -1.69. The molecule has 5 rings (SSSR count). The molecule has 0 aliphatic heterocycles. The third-order valence-corrected chi connectivity index (χ3v) is 8.46. The fourth-order valence-corrected chi connectivity index (χ4v) is 5.95. The summed E-state index contributed by atoms with van der Waals surface area (Å²) in [4.78, 5) is 64.9. The van der Waals surface area contributed by atoms with Crippen LogP contribution in [0.25, 0.3) is 16.8 Å². The lowest BCUT2D eigenvalue weighted by molar-refractivity contribution is -0.141. The highest BCUT2D eigenvalue weighted by Crippen LogP contribution is 2.35. The second-order valence-electron chi connectivity index (χ2n) is 11.6. The van der Waals surface area contributed by atoms with Gasteiger partial charge in [-0.2, -0.15) is 4.39 Å². The van der Waals surface area contributed by atoms with Crippen LogP contribution in [-0.2, 0) is 30.4 Å². The molecule has 252 valence electrons. The van der Waals surface area contributed by atoms with Gasteiger partial charge >= 0.3 is 5.97 Å². The van der Waals surface area contributed by atoms with E-state index in [2.05, 4.69) is 17.2 Å². The van der Waals surface area contributed by atoms with Crippen LogP contribution in [0.15, 0.2) is 79.4 Å². The molecule has 0 aromatic heterocycles. The number of hydrogen-bond donors (Lipinski definition) is 3. The highest BCUT2D eigenvalue weighted by atomic mass is 19.2. The zero-order chi connectivity index (χ0) is 35.2. The third-order valence-electron chi connectivity index (χ3n) is 8.46. The van der Waals surface area contributed by atoms with E-state index in [-0.39, 0.29) is 19.3 Å². The molecule has 4 aromatic carbocycles. The molecular weight excluding hydrogens is 641 g/mol. The van der Waals surface area contributed by atoms with Crippen LogP contribution in [0.4, 0.5) is 18.9 Å². The van der Waals surface area contributed by atoms with Crippen LogP contribution in [0.3, 0.4) is 0 Å². The van der Waals surface area contributed by atoms with E-state index in [9.17, 15) is 42.3 Å². The van der Waals surface area contributed by atoms with Gasteiger partial charge < -0.3 is 20.5 Å². The summed E-state index contributed by atoms with van der Waals surface area (Å²) in [6.07, 6.45) is 0.360. The number of carboxylic acids is 1. The van der Waals surface area contributed by atoms with Crippen LogP contribution >= 0.6 is 0 Å². The fourth-order valence-electron chi connectivity index (χ4n) is 5.95. The van der Waals surface area contributed by atoms with Crippen molar-refractivity contribution in [3.8, 4) is 5.75 Å². The molecule has 9 nitrogen and oxygen atoms in total. The van der Waals surface area contributed by atoms with Gasteiger partial charge in [-0.15, -0.1) is 0 Å². The van der Waals surface area contributed by atoms with Crippen LogP contribution in [0.1, 0.15) is 41.9 Å². The Labute approximate surface area is 278 Å². The SMILES string of the molecule is C=Cc1cc(F)c(F)c(OCC(=O)[C@H](CC(=O)O)NC(=O)[C@H]2CCC(C(=O)C(=O)Nc3cccc4ccccc34)c3ccccc3C2)c1F. The molecule has 0 saturated heterocycles. The second-order valence-corrected chi connectivity index (χ2v) is 11.6. The molecule has 1 aliphatic rings. The summed E-state index contributed by atoms with van der Waals surface area (Å²) in [5.41, 5.74) is 1.24. The Kier molecular flexibility index (Phi) is 10.6. The molecule has 0 fully saturated rings. The number of carbonyl (C=O) groups excluding carboxylic acids is 4. The highest BCUT2D eigenvalue weighted by molar-refractivity contribution is 6.43. The van der Waals surface area contributed by atoms with E-state index in [0.29, 0.717) is 22.9 Å². The van der Waals surface area contributed by atoms with Gasteiger partial charge in [0.2, 0.25) is 17.5 Å². The number of carboxylic acid groups (broad SMARTS) is 1. The molecule has 12 heteroatoms. The Morgan fingerprint density at radius 1 is 0.939 bits per heavy atom. The number of benzene rings is 4. The van der Waals surface area contributed by atoms with E-state index in [1.54, 1.807) is 36.4 Å². The molecular formula is C37H31F3N2O7. The maximum absolute atomic E-state index is 14.6. The Hall–Kier alpha value is -5.78. The third kappa shape index (κ3) is 7.69. The summed E-state index contributed by atoms with van der Waals surface area (Å²) in [7, 11) is 0. The predicted octanol–water partition coefficient (Wildman–Crippen LogP) is 5.75. The molecule has 4 aromatic rings. The first-order valence-corrected chi connectivity index (χ1v) is 15.4. The van der Waals surface area contributed by atoms with E-state index < -0.39 is 89.0 Å². The van der Waals surface area contributed by atoms with Crippen molar-refractivity contribution in [2.75, 3.05) is 11.9 Å². The quantitative estimate of drug-likeness (QED) is 0.0990. The van der Waals surface area contributed by atoms with Crippen molar-refractivity contribution in [3.63, 3.8) is 0 Å². The van der Waals surface area contributed by atoms with E-state index in [1.165, 1.54) is 0 Å². The minimum Gasteiger partial charge on any atom is -0.481 e. The average molecular weight is 673 g/mol. The first kappa shape index (κ1) is 34.6. The Morgan fingerprint density at radius 3 is 2.41 bits per heavy atom. The number of rotatable bonds is 12. The number of carbonyl (C=O) groups is 5. The fraction of sp³-hybridized carbons (Fsp3) is 0.216. The van der Waals surface area contributed by atoms with Crippen LogP contribution in [0.5, 0.6) is 5.75 Å². The van der Waals surface area contributed by atoms with Gasteiger partial charge in [0.15, 0.2) is 23.2 Å². The number of hydrogen-bond acceptors (Lipinski definition) is 6. The Bertz CT molecular complexity index is 1970. The van der Waals surface area contributed by atoms with Crippen LogP contribution in [0.2, 0.25) is 0 Å². The lowest BCUT2D eigenvalue weighted by atomic mass is 9.88. The van der Waals surface area contributed by atoms with Gasteiger partial charge in [-0.25, -0.2) is 8.78 Å². The van der Waals surface area contributed by atoms with Crippen LogP contribution in [0, 0.1) is 23.4 Å². The molecule has 0 bridgehead atoms. The molecule has 3 N–H and O–H groups in total. The standard InChI is InChI=1S/C37H31F3N2O7/c1-2-20-17-27(38)33(40)35(32(20)39)49-19-30(43)29(18-31(44)45)42-36(47)23-14-15-26(24-11-5-4-9-22(24)16-23)34(46)37(48)41-28-13-7-10-21-8-3-6-12-25(21)28/h2-13,17,23,26,29H,1,14-16,18-19H2,(H,41,48)(H,42,47)(H,44,45)/t23-,26?,29-/m0/s1. The van der Waals surface area contributed by atoms with Crippen molar-refractivity contribution in [1.29, 1.82) is 0 Å². The van der Waals surface area contributed by atoms with E-state index >= 15 is 0 Å². The van der Waals surface area contributed by atoms with E-state index in [1.807, 2.05) is 30.3 Å². The van der Waals surface area contributed by atoms with Crippen molar-refractivity contribution in [1.82, 2.24) is 5.32 Å². The molecule has 2 amide bonds. The number of ketones is 2. The lowest BCUT2D eigenvalue weighted by Gasteiger charge is -2.21. The van der Waals surface area contributed by atoms with Gasteiger partial charge in [-0.3, -0.25) is 24.0 Å². The molecule has 1 unspecified atom stereocenters. The molecule has 0 spiro atoms. The number of anilines is 1. The van der Waals surface area contributed by atoms with E-state index in [4.69, 9.17) is 4.74 Å². The van der Waals surface area contributed by atoms with Gasteiger partial charge in [0, 0.05) is 22.6 Å². The number of halogens is 3. The summed E-state index contributed by atoms with van der Waals surface area (Å²) in [5.74, 6) is -12.1. The van der Waals surface area contributed by atoms with Crippen molar-refractivity contribution in [2.45, 2.75) is 37.6 Å². The number of amides is 2. The Morgan fingerprint density at radius 2 is 1.65 bits per heavy atom. The van der Waals surface area contributed by atoms with Crippen molar-refractivity contribution < 1.29 is 47.0 Å². The monoisotopic (exact) mass is 672 g/mol. The van der Waals surface area contributed by atoms with Gasteiger partial charge in [0.25, 0.3) is 5.91 Å². The summed E-state index contributed by atoms with van der Waals surface area (Å²) in [5, 5.41) is 16.2. The number of fused-ring (bicyclic) bond motifs is 2. The van der Waals surface area contributed by atoms with Gasteiger partial charge in [0.1, 0.15) is 12.6 Å². The first-order valence-electron chi connectivity index (χ1n) is 15.4. The van der Waals surface area contributed by atoms with Gasteiger partial charge in [-0.05, 0) is 47.9 Å². The van der Waals surface area contributed by atoms with Crippen molar-refractivity contribution in [3.05, 3.63) is 114 Å². The lowest BCUT2D eigenvalue weighted by Crippen LogP contribution is -2.46. The van der Waals surface area contributed by atoms with Crippen LogP contribution < -0.4 is 15.4 Å². The summed E-state index contributed by atoms with van der Waals surface area (Å²) < 4.78 is 47.7. The topological polar surface area (TPSA) is 139 Å². The second kappa shape index (κ2) is 15.0. The maximum Gasteiger partial charge on any atom is 0.305 e. The first-order chi connectivity index (χ1) is 23.5. The molecule has 49 heavy (non-hydrogen) atoms. The van der Waals surface area contributed by atoms with Crippen LogP contribution in [-0.4, -0.2) is 47.1 Å². The Balaban J connectivity index is 1.30. The number of ether oxygens (including phenoxy) is 1. The summed E-state index contributed by atoms with van der Waals surface area (Å²) in [6.45, 7) is 2.22. The van der Waals surface area contributed by atoms with Gasteiger partial charge in [-0.1, -0.05) is 73.3 Å². The molecule has 0 saturated carbocycles. The zero-order valence-electron chi connectivity index (χ0n) is 26.0. The summed E-state index contributed by atoms with van der Waals surface area (Å²) in [6, 6.07) is 18.5. The number of nitrogens with one attached hydrogen (secondary N) is 2. The maximum atomic E-state index is 14.6.